The highest BCUT2D eigenvalue weighted by atomic mass is 16.8. The number of amides is 1. The Labute approximate surface area is 557 Å². The number of carbonyl (C=O) groups excluding carboxylic acids is 1. The molecule has 3 aliphatic heterocycles. The van der Waals surface area contributed by atoms with Crippen molar-refractivity contribution in [2.75, 3.05) is 26.4 Å². The summed E-state index contributed by atoms with van der Waals surface area (Å²) in [6.45, 7) is 1.55. The van der Waals surface area contributed by atoms with Crippen molar-refractivity contribution >= 4 is 5.91 Å². The molecule has 0 bridgehead atoms. The smallest absolute Gasteiger partial charge is 0.220 e. The molecule has 3 saturated heterocycles. The molecule has 0 radical (unpaired) electrons. The summed E-state index contributed by atoms with van der Waals surface area (Å²) in [5, 5.41) is 120. The Morgan fingerprint density at radius 3 is 1.20 bits per heavy atom. The molecule has 1 amide bonds. The third-order valence-electron chi connectivity index (χ3n) is 16.7. The van der Waals surface area contributed by atoms with Gasteiger partial charge in [-0.05, 0) is 103 Å². The second-order valence-corrected chi connectivity index (χ2v) is 24.6. The SMILES string of the molecule is CC/C=C\C/C=C\C/C=C\C/C=C\C/C=C\C/C=C\C/C=C\CCCCCCCCCCCCCC(=O)NC(COC1OC(CO)C(OC2OC(CO)C(OC3OC(CO)C(O)C(O)C3O)C(O)C2O)C(O)C1O)C(O)/C=C/CC/C=C/CC/C=C/CCCCCCC. The molecular weight excluding hydrogens is 1190 g/mol. The van der Waals surface area contributed by atoms with Gasteiger partial charge in [0, 0.05) is 6.42 Å². The Balaban J connectivity index is 1.40. The van der Waals surface area contributed by atoms with Crippen molar-refractivity contribution in [3.63, 3.8) is 0 Å². The van der Waals surface area contributed by atoms with Crippen molar-refractivity contribution in [1.82, 2.24) is 5.32 Å². The first-order valence-electron chi connectivity index (χ1n) is 35.3. The van der Waals surface area contributed by atoms with E-state index in [1.807, 2.05) is 6.08 Å². The van der Waals surface area contributed by atoms with Gasteiger partial charge in [-0.25, -0.2) is 0 Å². The molecule has 17 unspecified atom stereocenters. The van der Waals surface area contributed by atoms with Crippen LogP contribution in [0.5, 0.6) is 0 Å². The van der Waals surface area contributed by atoms with E-state index in [1.54, 1.807) is 6.08 Å². The van der Waals surface area contributed by atoms with E-state index in [2.05, 4.69) is 129 Å². The molecule has 0 aromatic rings. The molecule has 0 aliphatic carbocycles. The molecule has 0 saturated carbocycles. The minimum Gasteiger partial charge on any atom is -0.394 e. The van der Waals surface area contributed by atoms with E-state index >= 15 is 0 Å². The van der Waals surface area contributed by atoms with Crippen LogP contribution in [-0.2, 0) is 33.2 Å². The highest BCUT2D eigenvalue weighted by Crippen LogP contribution is 2.33. The van der Waals surface area contributed by atoms with Crippen LogP contribution in [0.2, 0.25) is 0 Å². The van der Waals surface area contributed by atoms with Crippen LogP contribution >= 0.6 is 0 Å². The van der Waals surface area contributed by atoms with Crippen molar-refractivity contribution in [3.05, 3.63) is 122 Å². The third-order valence-corrected chi connectivity index (χ3v) is 16.7. The first kappa shape index (κ1) is 83.4. The van der Waals surface area contributed by atoms with Crippen molar-refractivity contribution in [2.45, 2.75) is 311 Å². The number of aliphatic hydroxyl groups is 11. The van der Waals surface area contributed by atoms with Crippen molar-refractivity contribution in [1.29, 1.82) is 0 Å². The zero-order valence-electron chi connectivity index (χ0n) is 56.2. The van der Waals surface area contributed by atoms with Gasteiger partial charge in [0.05, 0.1) is 38.6 Å². The topological polar surface area (TPSA) is 307 Å². The van der Waals surface area contributed by atoms with Crippen LogP contribution in [-0.4, -0.2) is 193 Å². The minimum absolute atomic E-state index is 0.220. The highest BCUT2D eigenvalue weighted by Gasteiger charge is 2.53. The lowest BCUT2D eigenvalue weighted by atomic mass is 9.96. The summed E-state index contributed by atoms with van der Waals surface area (Å²) in [6, 6.07) is -1.01. The summed E-state index contributed by atoms with van der Waals surface area (Å²) in [5.74, 6) is -0.299. The Hall–Kier alpha value is -3.81. The lowest BCUT2D eigenvalue weighted by molar-refractivity contribution is -0.379. The molecular formula is C74H123NO18. The van der Waals surface area contributed by atoms with Gasteiger partial charge in [0.2, 0.25) is 5.91 Å². The number of aliphatic hydroxyl groups excluding tert-OH is 11. The van der Waals surface area contributed by atoms with Crippen LogP contribution in [0.4, 0.5) is 0 Å². The second-order valence-electron chi connectivity index (χ2n) is 24.6. The number of allylic oxidation sites excluding steroid dienone is 19. The molecule has 93 heavy (non-hydrogen) atoms. The van der Waals surface area contributed by atoms with E-state index in [9.17, 15) is 61.0 Å². The van der Waals surface area contributed by atoms with Crippen LogP contribution in [0.25, 0.3) is 0 Å². The lowest BCUT2D eigenvalue weighted by Gasteiger charge is -2.48. The Morgan fingerprint density at radius 2 is 0.753 bits per heavy atom. The fraction of sp³-hybridized carbons (Fsp3) is 0.716. The Bertz CT molecular complexity index is 2160. The second kappa shape index (κ2) is 54.2. The summed E-state index contributed by atoms with van der Waals surface area (Å²) >= 11 is 0. The van der Waals surface area contributed by atoms with Gasteiger partial charge in [0.25, 0.3) is 0 Å². The predicted octanol–water partition coefficient (Wildman–Crippen LogP) is 9.60. The molecule has 17 atom stereocenters. The molecule has 0 aromatic carbocycles. The number of rotatable bonds is 52. The summed E-state index contributed by atoms with van der Waals surface area (Å²) in [5.41, 5.74) is 0. The van der Waals surface area contributed by atoms with Crippen molar-refractivity contribution in [3.8, 4) is 0 Å². The largest absolute Gasteiger partial charge is 0.394 e. The van der Waals surface area contributed by atoms with E-state index in [0.29, 0.717) is 12.8 Å². The quantitative estimate of drug-likeness (QED) is 0.0199. The molecule has 19 nitrogen and oxygen atoms in total. The summed E-state index contributed by atoms with van der Waals surface area (Å²) in [4.78, 5) is 13.4. The molecule has 3 fully saturated rings. The van der Waals surface area contributed by atoms with Crippen LogP contribution in [0.1, 0.15) is 206 Å². The zero-order valence-corrected chi connectivity index (χ0v) is 56.2. The molecule has 0 aromatic heterocycles. The van der Waals surface area contributed by atoms with E-state index in [4.69, 9.17) is 28.4 Å². The van der Waals surface area contributed by atoms with Gasteiger partial charge in [-0.1, -0.05) is 219 Å². The molecule has 0 spiro atoms. The van der Waals surface area contributed by atoms with Gasteiger partial charge < -0.3 is 89.9 Å². The first-order valence-corrected chi connectivity index (χ1v) is 35.3. The summed E-state index contributed by atoms with van der Waals surface area (Å²) in [6.07, 6.45) is 47.5. The molecule has 532 valence electrons. The number of hydrogen-bond acceptors (Lipinski definition) is 18. The molecule has 3 heterocycles. The fourth-order valence-electron chi connectivity index (χ4n) is 11.0. The lowest BCUT2D eigenvalue weighted by Crippen LogP contribution is -2.66. The molecule has 3 aliphatic rings. The van der Waals surface area contributed by atoms with Gasteiger partial charge in [-0.15, -0.1) is 0 Å². The van der Waals surface area contributed by atoms with Gasteiger partial charge in [0.1, 0.15) is 73.2 Å². The Morgan fingerprint density at radius 1 is 0.398 bits per heavy atom. The van der Waals surface area contributed by atoms with Crippen molar-refractivity contribution in [2.24, 2.45) is 0 Å². The van der Waals surface area contributed by atoms with E-state index < -0.39 is 124 Å². The van der Waals surface area contributed by atoms with Crippen LogP contribution in [0.15, 0.2) is 122 Å². The predicted molar refractivity (Wildman–Crippen MR) is 364 cm³/mol. The normalized spacial score (nSPS) is 28.3. The third kappa shape index (κ3) is 35.8. The van der Waals surface area contributed by atoms with Crippen LogP contribution < -0.4 is 5.32 Å². The van der Waals surface area contributed by atoms with Gasteiger partial charge in [-0.3, -0.25) is 4.79 Å². The van der Waals surface area contributed by atoms with Gasteiger partial charge >= 0.3 is 0 Å². The number of carbonyl (C=O) groups is 1. The van der Waals surface area contributed by atoms with Crippen molar-refractivity contribution < 1.29 is 89.4 Å². The Kier molecular flexibility index (Phi) is 48.6. The monoisotopic (exact) mass is 1310 g/mol. The minimum atomic E-state index is -1.99. The number of nitrogens with one attached hydrogen (secondary N) is 1. The maximum Gasteiger partial charge on any atom is 0.220 e. The number of ether oxygens (including phenoxy) is 6. The standard InChI is InChI=1S/C74H123NO18/c1-3-5-7-9-11-13-15-17-19-20-21-22-23-24-25-26-27-28-29-30-31-32-33-34-35-36-38-40-42-44-46-48-50-52-62(80)75-57(58(79)51-49-47-45-43-41-39-37-18-16-14-12-10-8-6-4-2)56-88-72-68(86)65(83)70(60(54-77)90-72)93-74-69(87)66(84)71(61(55-78)91-74)92-73-67(85)64(82)63(81)59(53-76)89-73/h5,7,11,13,16-19,21-22,24-25,27-28,30-31,41,43,49,51,57-61,63-74,76-79,81-87H,3-4,6,8-10,12,14-15,20,23,26,29,32-40,42,44-48,50,52-56H2,1-2H3,(H,75,80)/b7-5-,13-11-,18-16+,19-17-,22-21-,25-24-,28-27-,31-30-,43-41+,51-49+. The zero-order chi connectivity index (χ0) is 67.5. The first-order chi connectivity index (χ1) is 45.3. The highest BCUT2D eigenvalue weighted by molar-refractivity contribution is 5.76. The van der Waals surface area contributed by atoms with Gasteiger partial charge in [0.15, 0.2) is 18.9 Å². The number of hydrogen-bond donors (Lipinski definition) is 12. The van der Waals surface area contributed by atoms with Crippen LogP contribution in [0, 0.1) is 0 Å². The molecule has 19 heteroatoms. The van der Waals surface area contributed by atoms with E-state index in [1.165, 1.54) is 70.6 Å². The molecule has 12 N–H and O–H groups in total. The maximum atomic E-state index is 13.4. The molecule has 3 rings (SSSR count). The van der Waals surface area contributed by atoms with Gasteiger partial charge in [-0.2, -0.15) is 0 Å². The summed E-state index contributed by atoms with van der Waals surface area (Å²) < 4.78 is 34.3. The number of unbranched alkanes of at least 4 members (excludes halogenated alkanes) is 18. The average molecular weight is 1310 g/mol. The average Bonchev–Trinajstić information content (AvgIpc) is 0.902. The van der Waals surface area contributed by atoms with E-state index in [0.717, 1.165) is 103 Å². The maximum absolute atomic E-state index is 13.4. The van der Waals surface area contributed by atoms with E-state index in [-0.39, 0.29) is 18.9 Å². The van der Waals surface area contributed by atoms with Crippen LogP contribution in [0.3, 0.4) is 0 Å². The summed E-state index contributed by atoms with van der Waals surface area (Å²) in [7, 11) is 0. The fourth-order valence-corrected chi connectivity index (χ4v) is 11.0.